The third-order valence-corrected chi connectivity index (χ3v) is 6.52. The van der Waals surface area contributed by atoms with Gasteiger partial charge in [0.2, 0.25) is 5.88 Å². The zero-order valence-corrected chi connectivity index (χ0v) is 19.0. The van der Waals surface area contributed by atoms with Gasteiger partial charge in [-0.25, -0.2) is 0 Å². The van der Waals surface area contributed by atoms with Crippen molar-refractivity contribution >= 4 is 17.7 Å². The van der Waals surface area contributed by atoms with E-state index in [0.29, 0.717) is 37.0 Å². The summed E-state index contributed by atoms with van der Waals surface area (Å²) in [5, 5.41) is 21.9. The van der Waals surface area contributed by atoms with E-state index in [0.717, 1.165) is 12.0 Å². The molecule has 176 valence electrons. The summed E-state index contributed by atoms with van der Waals surface area (Å²) >= 11 is 0. The first-order valence-electron chi connectivity index (χ1n) is 11.5. The standard InChI is InChI=1S/C25H31N3O5/c1-15(2)10-11-33-24-17(23(30)26-20(14-29)16-6-4-3-5-7-16)8-9-21(27-24)28-12-18-19(13-28)22(18)25(31)32/h3-9,15,18-20,22,29H,10-14H2,1-2H3,(H,26,30)(H,31,32)/t18-,19+,20-,22?/m1/s1. The topological polar surface area (TPSA) is 112 Å². The number of carbonyl (C=O) groups is 2. The number of nitrogens with zero attached hydrogens (tertiary/aromatic N) is 2. The number of ether oxygens (including phenoxy) is 1. The van der Waals surface area contributed by atoms with Gasteiger partial charge in [-0.1, -0.05) is 44.2 Å². The summed E-state index contributed by atoms with van der Waals surface area (Å²) in [6, 6.07) is 12.2. The van der Waals surface area contributed by atoms with Crippen molar-refractivity contribution in [1.82, 2.24) is 10.3 Å². The van der Waals surface area contributed by atoms with Crippen LogP contribution in [0.5, 0.6) is 5.88 Å². The van der Waals surface area contributed by atoms with Gasteiger partial charge < -0.3 is 25.2 Å². The number of rotatable bonds is 10. The van der Waals surface area contributed by atoms with Gasteiger partial charge in [0.1, 0.15) is 11.4 Å². The van der Waals surface area contributed by atoms with Crippen LogP contribution in [0.2, 0.25) is 0 Å². The number of anilines is 1. The fourth-order valence-corrected chi connectivity index (χ4v) is 4.52. The Morgan fingerprint density at radius 2 is 1.85 bits per heavy atom. The van der Waals surface area contributed by atoms with Crippen molar-refractivity contribution in [1.29, 1.82) is 0 Å². The first-order valence-corrected chi connectivity index (χ1v) is 11.5. The number of hydrogen-bond acceptors (Lipinski definition) is 6. The van der Waals surface area contributed by atoms with Gasteiger partial charge in [0.25, 0.3) is 5.91 Å². The normalized spacial score (nSPS) is 22.1. The second-order valence-corrected chi connectivity index (χ2v) is 9.27. The molecule has 2 heterocycles. The number of carboxylic acid groups (broad SMARTS) is 1. The van der Waals surface area contributed by atoms with Crippen LogP contribution in [0.3, 0.4) is 0 Å². The van der Waals surface area contributed by atoms with Crippen LogP contribution in [0.25, 0.3) is 0 Å². The van der Waals surface area contributed by atoms with Crippen molar-refractivity contribution in [2.24, 2.45) is 23.7 Å². The van der Waals surface area contributed by atoms with Crippen molar-refractivity contribution in [2.45, 2.75) is 26.3 Å². The van der Waals surface area contributed by atoms with Crippen molar-refractivity contribution in [3.63, 3.8) is 0 Å². The van der Waals surface area contributed by atoms with Crippen LogP contribution in [-0.4, -0.2) is 53.4 Å². The smallest absolute Gasteiger partial charge is 0.307 e. The molecule has 0 radical (unpaired) electrons. The molecular weight excluding hydrogens is 422 g/mol. The maximum atomic E-state index is 13.1. The van der Waals surface area contributed by atoms with Crippen LogP contribution in [0.4, 0.5) is 5.82 Å². The number of carboxylic acids is 1. The van der Waals surface area contributed by atoms with Gasteiger partial charge in [0, 0.05) is 13.1 Å². The minimum Gasteiger partial charge on any atom is -0.481 e. The molecule has 33 heavy (non-hydrogen) atoms. The number of aliphatic hydroxyl groups is 1. The molecule has 0 bridgehead atoms. The second-order valence-electron chi connectivity index (χ2n) is 9.27. The Morgan fingerprint density at radius 3 is 2.45 bits per heavy atom. The van der Waals surface area contributed by atoms with Crippen molar-refractivity contribution in [3.8, 4) is 5.88 Å². The summed E-state index contributed by atoms with van der Waals surface area (Å²) in [6.07, 6.45) is 0.824. The molecule has 3 N–H and O–H groups in total. The molecule has 1 amide bonds. The van der Waals surface area contributed by atoms with Gasteiger partial charge in [-0.3, -0.25) is 9.59 Å². The highest BCUT2D eigenvalue weighted by molar-refractivity contribution is 5.97. The van der Waals surface area contributed by atoms with E-state index < -0.39 is 12.0 Å². The molecule has 1 aliphatic carbocycles. The molecule has 1 unspecified atom stereocenters. The van der Waals surface area contributed by atoms with E-state index in [9.17, 15) is 19.8 Å². The Hall–Kier alpha value is -3.13. The lowest BCUT2D eigenvalue weighted by molar-refractivity contribution is -0.139. The highest BCUT2D eigenvalue weighted by Gasteiger charge is 2.60. The number of pyridine rings is 1. The fourth-order valence-electron chi connectivity index (χ4n) is 4.52. The number of aliphatic hydroxyl groups excluding tert-OH is 1. The molecule has 1 aromatic heterocycles. The average molecular weight is 454 g/mol. The third kappa shape index (κ3) is 5.11. The lowest BCUT2D eigenvalue weighted by Crippen LogP contribution is -2.32. The minimum atomic E-state index is -0.723. The van der Waals surface area contributed by atoms with Crippen LogP contribution >= 0.6 is 0 Å². The van der Waals surface area contributed by atoms with Crippen LogP contribution < -0.4 is 15.0 Å². The first-order chi connectivity index (χ1) is 15.9. The van der Waals surface area contributed by atoms with Gasteiger partial charge >= 0.3 is 5.97 Å². The van der Waals surface area contributed by atoms with Crippen LogP contribution in [0, 0.1) is 23.7 Å². The number of nitrogens with one attached hydrogen (secondary N) is 1. The van der Waals surface area contributed by atoms with Gasteiger partial charge in [-0.2, -0.15) is 4.98 Å². The molecule has 1 aromatic carbocycles. The van der Waals surface area contributed by atoms with Crippen molar-refractivity contribution in [2.75, 3.05) is 31.2 Å². The molecule has 4 rings (SSSR count). The molecule has 4 atom stereocenters. The van der Waals surface area contributed by atoms with Crippen LogP contribution in [0.15, 0.2) is 42.5 Å². The molecule has 2 aromatic rings. The van der Waals surface area contributed by atoms with E-state index in [1.807, 2.05) is 30.3 Å². The zero-order chi connectivity index (χ0) is 23.5. The van der Waals surface area contributed by atoms with Gasteiger partial charge in [0.05, 0.1) is 25.2 Å². The van der Waals surface area contributed by atoms with E-state index in [4.69, 9.17) is 4.74 Å². The lowest BCUT2D eigenvalue weighted by atomic mass is 10.1. The highest BCUT2D eigenvalue weighted by atomic mass is 16.5. The number of carbonyl (C=O) groups excluding carboxylic acids is 1. The summed E-state index contributed by atoms with van der Waals surface area (Å²) < 4.78 is 5.93. The second kappa shape index (κ2) is 9.79. The summed E-state index contributed by atoms with van der Waals surface area (Å²) in [6.45, 7) is 5.69. The number of fused-ring (bicyclic) bond motifs is 1. The quantitative estimate of drug-likeness (QED) is 0.507. The number of hydrogen-bond donors (Lipinski definition) is 3. The van der Waals surface area contributed by atoms with Gasteiger partial charge in [-0.05, 0) is 41.9 Å². The summed E-state index contributed by atoms with van der Waals surface area (Å²) in [4.78, 5) is 31.1. The monoisotopic (exact) mass is 453 g/mol. The predicted molar refractivity (Wildman–Crippen MR) is 123 cm³/mol. The van der Waals surface area contributed by atoms with Crippen molar-refractivity contribution in [3.05, 3.63) is 53.6 Å². The Bertz CT molecular complexity index is 985. The number of amides is 1. The maximum absolute atomic E-state index is 13.1. The molecule has 2 fully saturated rings. The van der Waals surface area contributed by atoms with Crippen LogP contribution in [0.1, 0.15) is 42.2 Å². The first kappa shape index (κ1) is 23.0. The Balaban J connectivity index is 1.51. The number of aromatic nitrogens is 1. The van der Waals surface area contributed by atoms with Crippen molar-refractivity contribution < 1.29 is 24.5 Å². The predicted octanol–water partition coefficient (Wildman–Crippen LogP) is 2.74. The average Bonchev–Trinajstić information content (AvgIpc) is 3.32. The highest BCUT2D eigenvalue weighted by Crippen LogP contribution is 2.52. The summed E-state index contributed by atoms with van der Waals surface area (Å²) in [7, 11) is 0. The number of aliphatic carboxylic acids is 1. The van der Waals surface area contributed by atoms with Crippen LogP contribution in [-0.2, 0) is 4.79 Å². The van der Waals surface area contributed by atoms with E-state index >= 15 is 0 Å². The maximum Gasteiger partial charge on any atom is 0.307 e. The molecule has 2 aliphatic rings. The number of piperidine rings is 1. The molecule has 8 heteroatoms. The largest absolute Gasteiger partial charge is 0.481 e. The molecule has 8 nitrogen and oxygen atoms in total. The van der Waals surface area contributed by atoms with E-state index in [2.05, 4.69) is 29.0 Å². The SMILES string of the molecule is CC(C)CCOc1nc(N2C[C@@H]3C(C(=O)O)[C@@H]3C2)ccc1C(=O)N[C@H](CO)c1ccccc1. The molecular formula is C25H31N3O5. The zero-order valence-electron chi connectivity index (χ0n) is 19.0. The van der Waals surface area contributed by atoms with E-state index in [1.54, 1.807) is 12.1 Å². The van der Waals surface area contributed by atoms with Gasteiger partial charge in [0.15, 0.2) is 0 Å². The Labute approximate surface area is 193 Å². The fraction of sp³-hybridized carbons (Fsp3) is 0.480. The molecule has 0 spiro atoms. The minimum absolute atomic E-state index is 0.161. The molecule has 1 saturated heterocycles. The summed E-state index contributed by atoms with van der Waals surface area (Å²) in [5.41, 5.74) is 1.12. The Morgan fingerprint density at radius 1 is 1.15 bits per heavy atom. The third-order valence-electron chi connectivity index (χ3n) is 6.52. The molecule has 1 saturated carbocycles. The summed E-state index contributed by atoms with van der Waals surface area (Å²) in [5.74, 6) is 0.367. The molecule has 1 aliphatic heterocycles. The number of benzene rings is 1. The van der Waals surface area contributed by atoms with Gasteiger partial charge in [-0.15, -0.1) is 0 Å². The lowest BCUT2D eigenvalue weighted by Gasteiger charge is -2.22. The van der Waals surface area contributed by atoms with E-state index in [-0.39, 0.29) is 36.1 Å². The van der Waals surface area contributed by atoms with E-state index in [1.165, 1.54) is 0 Å². The Kier molecular flexibility index (Phi) is 6.83.